The first-order chi connectivity index (χ1) is 18.0. The number of rotatable bonds is 5. The third-order valence-electron chi connectivity index (χ3n) is 6.55. The predicted octanol–water partition coefficient (Wildman–Crippen LogP) is 7.40. The molecule has 0 spiro atoms. The third-order valence-corrected chi connectivity index (χ3v) is 7.05. The number of halogens is 1. The van der Waals surface area contributed by atoms with Gasteiger partial charge in [0.2, 0.25) is 5.76 Å². The minimum absolute atomic E-state index is 0.0892. The molecule has 1 aromatic heterocycles. The topological polar surface area (TPSA) is 59.8 Å². The number of fused-ring (bicyclic) bond motifs is 2. The Labute approximate surface area is 222 Å². The standard InChI is InChI=1S/C31H22BrNO4/c1-19-10-12-20(13-11-19)18-33-28(21-6-5-9-24(16-21)36-23-7-3-2-4-8-23)27-29(34)25-17-22(32)14-15-26(25)37-30(27)31(33)35/h2-17,28H,18H2,1H3. The highest BCUT2D eigenvalue weighted by Crippen LogP contribution is 2.40. The smallest absolute Gasteiger partial charge is 0.291 e. The summed E-state index contributed by atoms with van der Waals surface area (Å²) in [5.74, 6) is 1.10. The lowest BCUT2D eigenvalue weighted by Crippen LogP contribution is -2.29. The van der Waals surface area contributed by atoms with Gasteiger partial charge in [-0.3, -0.25) is 9.59 Å². The second-order valence-electron chi connectivity index (χ2n) is 9.12. The molecule has 1 unspecified atom stereocenters. The fraction of sp³-hybridized carbons (Fsp3) is 0.0968. The molecule has 1 atom stereocenters. The Morgan fingerprint density at radius 2 is 1.62 bits per heavy atom. The summed E-state index contributed by atoms with van der Waals surface area (Å²) >= 11 is 3.45. The lowest BCUT2D eigenvalue weighted by atomic mass is 9.98. The van der Waals surface area contributed by atoms with Crippen LogP contribution >= 0.6 is 15.9 Å². The second-order valence-corrected chi connectivity index (χ2v) is 10.0. The Hall–Kier alpha value is -4.16. The Morgan fingerprint density at radius 3 is 2.41 bits per heavy atom. The largest absolute Gasteiger partial charge is 0.457 e. The highest BCUT2D eigenvalue weighted by Gasteiger charge is 2.42. The molecule has 0 aliphatic carbocycles. The summed E-state index contributed by atoms with van der Waals surface area (Å²) in [4.78, 5) is 29.3. The molecule has 0 N–H and O–H groups in total. The average Bonchev–Trinajstić information content (AvgIpc) is 3.18. The van der Waals surface area contributed by atoms with Gasteiger partial charge in [-0.15, -0.1) is 0 Å². The molecule has 1 aliphatic heterocycles. The van der Waals surface area contributed by atoms with Gasteiger partial charge < -0.3 is 14.1 Å². The van der Waals surface area contributed by atoms with Crippen molar-refractivity contribution in [2.24, 2.45) is 0 Å². The number of nitrogens with zero attached hydrogens (tertiary/aromatic N) is 1. The van der Waals surface area contributed by atoms with Crippen molar-refractivity contribution in [3.63, 3.8) is 0 Å². The van der Waals surface area contributed by atoms with E-state index in [-0.39, 0.29) is 17.1 Å². The van der Waals surface area contributed by atoms with Gasteiger partial charge in [0.15, 0.2) is 5.43 Å². The van der Waals surface area contributed by atoms with Crippen molar-refractivity contribution < 1.29 is 13.9 Å². The van der Waals surface area contributed by atoms with Crippen molar-refractivity contribution in [3.05, 3.63) is 140 Å². The van der Waals surface area contributed by atoms with Gasteiger partial charge >= 0.3 is 0 Å². The van der Waals surface area contributed by atoms with Gasteiger partial charge in [-0.2, -0.15) is 0 Å². The number of carbonyl (C=O) groups is 1. The first kappa shape index (κ1) is 23.3. The summed E-state index contributed by atoms with van der Waals surface area (Å²) in [6.07, 6.45) is 0. The lowest BCUT2D eigenvalue weighted by molar-refractivity contribution is 0.0714. The predicted molar refractivity (Wildman–Crippen MR) is 146 cm³/mol. The van der Waals surface area contributed by atoms with E-state index in [2.05, 4.69) is 15.9 Å². The van der Waals surface area contributed by atoms with E-state index in [1.807, 2.05) is 85.8 Å². The minimum atomic E-state index is -0.622. The molecule has 0 saturated heterocycles. The molecule has 1 amide bonds. The number of hydrogen-bond acceptors (Lipinski definition) is 4. The van der Waals surface area contributed by atoms with E-state index < -0.39 is 6.04 Å². The van der Waals surface area contributed by atoms with E-state index >= 15 is 0 Å². The zero-order valence-electron chi connectivity index (χ0n) is 20.0. The molecule has 0 radical (unpaired) electrons. The highest BCUT2D eigenvalue weighted by atomic mass is 79.9. The van der Waals surface area contributed by atoms with Crippen LogP contribution in [0.4, 0.5) is 0 Å². The van der Waals surface area contributed by atoms with Crippen molar-refractivity contribution in [2.45, 2.75) is 19.5 Å². The molecule has 6 heteroatoms. The molecule has 0 bridgehead atoms. The summed E-state index contributed by atoms with van der Waals surface area (Å²) in [5.41, 5.74) is 3.40. The number of carbonyl (C=O) groups excluding carboxylic acids is 1. The summed E-state index contributed by atoms with van der Waals surface area (Å²) in [7, 11) is 0. The normalized spacial score (nSPS) is 14.7. The molecule has 5 aromatic rings. The molecule has 37 heavy (non-hydrogen) atoms. The van der Waals surface area contributed by atoms with Crippen LogP contribution in [0.25, 0.3) is 11.0 Å². The number of hydrogen-bond donors (Lipinski definition) is 0. The SMILES string of the molecule is Cc1ccc(CN2C(=O)c3oc4ccc(Br)cc4c(=O)c3C2c2cccc(Oc3ccccc3)c2)cc1. The molecule has 0 fully saturated rings. The lowest BCUT2D eigenvalue weighted by Gasteiger charge is -2.25. The van der Waals surface area contributed by atoms with Crippen molar-refractivity contribution in [1.29, 1.82) is 0 Å². The number of amides is 1. The van der Waals surface area contributed by atoms with Gasteiger partial charge in [0.05, 0.1) is 17.0 Å². The molecule has 2 heterocycles. The van der Waals surface area contributed by atoms with Gasteiger partial charge in [0.1, 0.15) is 17.1 Å². The molecule has 5 nitrogen and oxygen atoms in total. The molecular weight excluding hydrogens is 530 g/mol. The van der Waals surface area contributed by atoms with Crippen LogP contribution in [0, 0.1) is 6.92 Å². The fourth-order valence-corrected chi connectivity index (χ4v) is 5.13. The molecule has 182 valence electrons. The Balaban J connectivity index is 1.50. The molecular formula is C31H22BrNO4. The van der Waals surface area contributed by atoms with Crippen molar-refractivity contribution in [3.8, 4) is 11.5 Å². The monoisotopic (exact) mass is 551 g/mol. The summed E-state index contributed by atoms with van der Waals surface area (Å²) in [5, 5.41) is 0.430. The first-order valence-corrected chi connectivity index (χ1v) is 12.7. The summed E-state index contributed by atoms with van der Waals surface area (Å²) < 4.78 is 12.9. The fourth-order valence-electron chi connectivity index (χ4n) is 4.77. The van der Waals surface area contributed by atoms with Crippen molar-refractivity contribution in [1.82, 2.24) is 4.90 Å². The summed E-state index contributed by atoms with van der Waals surface area (Å²) in [6, 6.07) is 29.7. The zero-order chi connectivity index (χ0) is 25.5. The van der Waals surface area contributed by atoms with Crippen LogP contribution in [0.5, 0.6) is 11.5 Å². The molecule has 4 aromatic carbocycles. The number of para-hydroxylation sites is 1. The maximum Gasteiger partial charge on any atom is 0.291 e. The van der Waals surface area contributed by atoms with Crippen molar-refractivity contribution in [2.75, 3.05) is 0 Å². The van der Waals surface area contributed by atoms with Crippen LogP contribution in [-0.2, 0) is 6.54 Å². The van der Waals surface area contributed by atoms with E-state index in [0.717, 1.165) is 21.2 Å². The van der Waals surface area contributed by atoms with E-state index in [1.165, 1.54) is 0 Å². The molecule has 1 aliphatic rings. The van der Waals surface area contributed by atoms with Gasteiger partial charge in [-0.25, -0.2) is 0 Å². The second kappa shape index (κ2) is 9.37. The molecule has 6 rings (SSSR count). The number of aryl methyl sites for hydroxylation is 1. The first-order valence-electron chi connectivity index (χ1n) is 11.9. The van der Waals surface area contributed by atoms with Crippen LogP contribution in [0.3, 0.4) is 0 Å². The minimum Gasteiger partial charge on any atom is -0.457 e. The van der Waals surface area contributed by atoms with Crippen LogP contribution < -0.4 is 10.2 Å². The van der Waals surface area contributed by atoms with E-state index in [9.17, 15) is 9.59 Å². The zero-order valence-corrected chi connectivity index (χ0v) is 21.6. The third kappa shape index (κ3) is 4.34. The van der Waals surface area contributed by atoms with Gasteiger partial charge in [-0.1, -0.05) is 76.1 Å². The highest BCUT2D eigenvalue weighted by molar-refractivity contribution is 9.10. The van der Waals surface area contributed by atoms with Crippen LogP contribution in [-0.4, -0.2) is 10.8 Å². The van der Waals surface area contributed by atoms with Crippen molar-refractivity contribution >= 4 is 32.8 Å². The summed E-state index contributed by atoms with van der Waals surface area (Å²) in [6.45, 7) is 2.35. The molecule has 0 saturated carbocycles. The Bertz CT molecular complexity index is 1690. The van der Waals surface area contributed by atoms with Crippen LogP contribution in [0.1, 0.15) is 38.9 Å². The quantitative estimate of drug-likeness (QED) is 0.228. The maximum atomic E-state index is 13.8. The number of benzene rings is 4. The van der Waals surface area contributed by atoms with Crippen LogP contribution in [0.2, 0.25) is 0 Å². The number of ether oxygens (including phenoxy) is 1. The maximum absolute atomic E-state index is 13.8. The van der Waals surface area contributed by atoms with Gasteiger partial charge in [-0.05, 0) is 60.5 Å². The van der Waals surface area contributed by atoms with Crippen LogP contribution in [0.15, 0.2) is 111 Å². The van der Waals surface area contributed by atoms with E-state index in [1.54, 1.807) is 23.1 Å². The average molecular weight is 552 g/mol. The van der Waals surface area contributed by atoms with E-state index in [4.69, 9.17) is 9.15 Å². The Kier molecular flexibility index (Phi) is 5.89. The Morgan fingerprint density at radius 1 is 0.865 bits per heavy atom. The van der Waals surface area contributed by atoms with Gasteiger partial charge in [0, 0.05) is 11.0 Å². The van der Waals surface area contributed by atoms with E-state index in [0.29, 0.717) is 34.6 Å². The van der Waals surface area contributed by atoms with Gasteiger partial charge in [0.25, 0.3) is 5.91 Å².